The lowest BCUT2D eigenvalue weighted by Crippen LogP contribution is -2.26. The lowest BCUT2D eigenvalue weighted by molar-refractivity contribution is 0.557. The summed E-state index contributed by atoms with van der Waals surface area (Å²) in [6, 6.07) is 10.3. The summed E-state index contributed by atoms with van der Waals surface area (Å²) in [6.45, 7) is 3.78. The number of hydrazine groups is 1. The molecule has 17 heavy (non-hydrogen) atoms. The topological polar surface area (TPSA) is 40.5 Å². The van der Waals surface area contributed by atoms with E-state index in [1.807, 2.05) is 24.3 Å². The number of aliphatic imine (C=N–C) groups is 1. The highest BCUT2D eigenvalue weighted by Gasteiger charge is 2.05. The average Bonchev–Trinajstić information content (AvgIpc) is 2.81. The number of aromatic nitrogens is 1. The van der Waals surface area contributed by atoms with E-state index in [4.69, 9.17) is 0 Å². The van der Waals surface area contributed by atoms with Crippen molar-refractivity contribution in [3.05, 3.63) is 36.0 Å². The number of rotatable bonds is 2. The van der Waals surface area contributed by atoms with Gasteiger partial charge in [0.15, 0.2) is 0 Å². The maximum Gasteiger partial charge on any atom is 0.104 e. The molecule has 2 aromatic rings. The molecule has 2 heterocycles. The van der Waals surface area contributed by atoms with Crippen molar-refractivity contribution in [2.24, 2.45) is 4.99 Å². The average molecular weight is 226 g/mol. The predicted octanol–water partition coefficient (Wildman–Crippen LogP) is 2.21. The Morgan fingerprint density at radius 1 is 1.24 bits per heavy atom. The number of hydrogen-bond donors (Lipinski definition) is 1. The number of nitrogens with zero attached hydrogens (tertiary/aromatic N) is 3. The SMILES string of the molecule is Cc1ccc2ccc(NN3C=NCC3)cc2n1. The molecule has 0 fully saturated rings. The number of benzene rings is 1. The van der Waals surface area contributed by atoms with Crippen molar-refractivity contribution in [1.29, 1.82) is 0 Å². The quantitative estimate of drug-likeness (QED) is 0.853. The molecule has 0 atom stereocenters. The molecule has 1 aromatic heterocycles. The van der Waals surface area contributed by atoms with E-state index in [9.17, 15) is 0 Å². The molecular weight excluding hydrogens is 212 g/mol. The number of hydrogen-bond acceptors (Lipinski definition) is 4. The van der Waals surface area contributed by atoms with Crippen molar-refractivity contribution >= 4 is 22.9 Å². The molecule has 1 aliphatic heterocycles. The number of aryl methyl sites for hydroxylation is 1. The summed E-state index contributed by atoms with van der Waals surface area (Å²) >= 11 is 0. The van der Waals surface area contributed by atoms with Gasteiger partial charge in [0.1, 0.15) is 6.34 Å². The Kier molecular flexibility index (Phi) is 2.40. The van der Waals surface area contributed by atoms with E-state index >= 15 is 0 Å². The molecular formula is C13H14N4. The molecule has 0 aliphatic carbocycles. The first-order valence-corrected chi connectivity index (χ1v) is 5.72. The molecule has 86 valence electrons. The fraction of sp³-hybridized carbons (Fsp3) is 0.231. The Bertz CT molecular complexity index is 577. The molecule has 1 N–H and O–H groups in total. The van der Waals surface area contributed by atoms with Crippen molar-refractivity contribution in [2.45, 2.75) is 6.92 Å². The van der Waals surface area contributed by atoms with Crippen LogP contribution >= 0.6 is 0 Å². The summed E-state index contributed by atoms with van der Waals surface area (Å²) in [5.41, 5.74) is 6.40. The molecule has 1 aromatic carbocycles. The third-order valence-electron chi connectivity index (χ3n) is 2.80. The lowest BCUT2D eigenvalue weighted by atomic mass is 10.2. The van der Waals surface area contributed by atoms with Crippen LogP contribution in [0.25, 0.3) is 10.9 Å². The summed E-state index contributed by atoms with van der Waals surface area (Å²) in [7, 11) is 0. The summed E-state index contributed by atoms with van der Waals surface area (Å²) in [5, 5.41) is 3.15. The van der Waals surface area contributed by atoms with Gasteiger partial charge in [-0.1, -0.05) is 12.1 Å². The Balaban J connectivity index is 1.92. The van der Waals surface area contributed by atoms with Crippen LogP contribution in [0.4, 0.5) is 5.69 Å². The number of pyridine rings is 1. The highest BCUT2D eigenvalue weighted by Crippen LogP contribution is 2.18. The van der Waals surface area contributed by atoms with E-state index in [1.165, 1.54) is 0 Å². The van der Waals surface area contributed by atoms with Crippen molar-refractivity contribution < 1.29 is 0 Å². The van der Waals surface area contributed by atoms with Crippen LogP contribution in [-0.2, 0) is 0 Å². The highest BCUT2D eigenvalue weighted by molar-refractivity contribution is 5.82. The first-order valence-electron chi connectivity index (χ1n) is 5.72. The first kappa shape index (κ1) is 10.1. The van der Waals surface area contributed by atoms with Crippen molar-refractivity contribution in [3.63, 3.8) is 0 Å². The summed E-state index contributed by atoms with van der Waals surface area (Å²) in [4.78, 5) is 8.68. The van der Waals surface area contributed by atoms with Crippen LogP contribution in [0.1, 0.15) is 5.69 Å². The van der Waals surface area contributed by atoms with Crippen LogP contribution in [-0.4, -0.2) is 29.4 Å². The number of nitrogens with one attached hydrogen (secondary N) is 1. The largest absolute Gasteiger partial charge is 0.297 e. The second-order valence-corrected chi connectivity index (χ2v) is 4.19. The first-order chi connectivity index (χ1) is 8.31. The normalized spacial score (nSPS) is 14.5. The minimum Gasteiger partial charge on any atom is -0.297 e. The monoisotopic (exact) mass is 226 g/mol. The predicted molar refractivity (Wildman–Crippen MR) is 70.2 cm³/mol. The van der Waals surface area contributed by atoms with E-state index in [2.05, 4.69) is 39.7 Å². The van der Waals surface area contributed by atoms with Gasteiger partial charge in [0.25, 0.3) is 0 Å². The van der Waals surface area contributed by atoms with Gasteiger partial charge < -0.3 is 0 Å². The molecule has 0 saturated heterocycles. The molecule has 4 heteroatoms. The van der Waals surface area contributed by atoms with E-state index < -0.39 is 0 Å². The minimum atomic E-state index is 0.859. The number of anilines is 1. The maximum atomic E-state index is 4.52. The Morgan fingerprint density at radius 2 is 2.12 bits per heavy atom. The van der Waals surface area contributed by atoms with Crippen LogP contribution in [0.15, 0.2) is 35.3 Å². The summed E-state index contributed by atoms with van der Waals surface area (Å²) in [6.07, 6.45) is 1.83. The standard InChI is InChI=1S/C13H14N4/c1-10-2-3-11-4-5-12(8-13(11)15-10)16-17-7-6-14-9-17/h2-5,8-9,16H,6-7H2,1H3. The van der Waals surface area contributed by atoms with Gasteiger partial charge in [-0.15, -0.1) is 0 Å². The van der Waals surface area contributed by atoms with Crippen LogP contribution in [0.5, 0.6) is 0 Å². The van der Waals surface area contributed by atoms with Crippen molar-refractivity contribution in [2.75, 3.05) is 18.5 Å². The van der Waals surface area contributed by atoms with Crippen LogP contribution in [0.3, 0.4) is 0 Å². The van der Waals surface area contributed by atoms with Gasteiger partial charge in [-0.25, -0.2) is 0 Å². The molecule has 0 saturated carbocycles. The maximum absolute atomic E-state index is 4.52. The second-order valence-electron chi connectivity index (χ2n) is 4.19. The van der Waals surface area contributed by atoms with Crippen LogP contribution < -0.4 is 5.43 Å². The van der Waals surface area contributed by atoms with Gasteiger partial charge >= 0.3 is 0 Å². The molecule has 4 nitrogen and oxygen atoms in total. The molecule has 1 aliphatic rings. The molecule has 0 bridgehead atoms. The van der Waals surface area contributed by atoms with Crippen molar-refractivity contribution in [3.8, 4) is 0 Å². The smallest absolute Gasteiger partial charge is 0.104 e. The van der Waals surface area contributed by atoms with Gasteiger partial charge in [-0.3, -0.25) is 20.4 Å². The highest BCUT2D eigenvalue weighted by atomic mass is 15.5. The van der Waals surface area contributed by atoms with E-state index in [0.29, 0.717) is 0 Å². The van der Waals surface area contributed by atoms with Crippen LogP contribution in [0, 0.1) is 6.92 Å². The molecule has 0 unspecified atom stereocenters. The van der Waals surface area contributed by atoms with Crippen molar-refractivity contribution in [1.82, 2.24) is 9.99 Å². The third-order valence-corrected chi connectivity index (χ3v) is 2.80. The molecule has 3 rings (SSSR count). The Labute approximate surface area is 100.0 Å². The molecule has 0 spiro atoms. The van der Waals surface area contributed by atoms with Gasteiger partial charge in [0, 0.05) is 11.1 Å². The molecule has 0 amide bonds. The minimum absolute atomic E-state index is 0.859. The van der Waals surface area contributed by atoms with E-state index in [1.54, 1.807) is 0 Å². The van der Waals surface area contributed by atoms with Crippen LogP contribution in [0.2, 0.25) is 0 Å². The Hall–Kier alpha value is -2.10. The van der Waals surface area contributed by atoms with Gasteiger partial charge in [-0.05, 0) is 25.1 Å². The Morgan fingerprint density at radius 3 is 2.94 bits per heavy atom. The van der Waals surface area contributed by atoms with Gasteiger partial charge in [-0.2, -0.15) is 0 Å². The zero-order chi connectivity index (χ0) is 11.7. The summed E-state index contributed by atoms with van der Waals surface area (Å²) in [5.74, 6) is 0. The fourth-order valence-electron chi connectivity index (χ4n) is 1.92. The van der Waals surface area contributed by atoms with E-state index in [-0.39, 0.29) is 0 Å². The number of fused-ring (bicyclic) bond motifs is 1. The van der Waals surface area contributed by atoms with Gasteiger partial charge in [0.05, 0.1) is 24.3 Å². The zero-order valence-electron chi connectivity index (χ0n) is 9.72. The zero-order valence-corrected chi connectivity index (χ0v) is 9.72. The fourth-order valence-corrected chi connectivity index (χ4v) is 1.92. The van der Waals surface area contributed by atoms with E-state index in [0.717, 1.165) is 35.4 Å². The van der Waals surface area contributed by atoms with Gasteiger partial charge in [0.2, 0.25) is 0 Å². The lowest BCUT2D eigenvalue weighted by Gasteiger charge is -2.16. The second kappa shape index (κ2) is 4.05. The third kappa shape index (κ3) is 2.06. The molecule has 0 radical (unpaired) electrons. The summed E-state index contributed by atoms with van der Waals surface area (Å²) < 4.78 is 0.